The van der Waals surface area contributed by atoms with Gasteiger partial charge >= 0.3 is 0 Å². The van der Waals surface area contributed by atoms with Gasteiger partial charge < -0.3 is 0 Å². The minimum Gasteiger partial charge on any atom is -0.263 e. The third-order valence-corrected chi connectivity index (χ3v) is 3.08. The fourth-order valence-electron chi connectivity index (χ4n) is 1.11. The van der Waals surface area contributed by atoms with Crippen LogP contribution in [0.5, 0.6) is 0 Å². The number of benzene rings is 1. The van der Waals surface area contributed by atoms with Crippen molar-refractivity contribution in [3.8, 4) is 0 Å². The molecular formula is C12H17NS. The fraction of sp³-hybridized carbons (Fsp3) is 0.417. The Balaban J connectivity index is 2.53. The second-order valence-electron chi connectivity index (χ2n) is 3.66. The number of hydrogen-bond donors (Lipinski definition) is 0. The Morgan fingerprint density at radius 3 is 2.71 bits per heavy atom. The van der Waals surface area contributed by atoms with Crippen LogP contribution in [0.1, 0.15) is 20.3 Å². The van der Waals surface area contributed by atoms with Crippen molar-refractivity contribution in [3.05, 3.63) is 24.3 Å². The average molecular weight is 207 g/mol. The monoisotopic (exact) mass is 207 g/mol. The predicted octanol–water partition coefficient (Wildman–Crippen LogP) is 4.16. The third-order valence-electron chi connectivity index (χ3n) is 1.99. The van der Waals surface area contributed by atoms with E-state index in [9.17, 15) is 0 Å². The normalized spacial score (nSPS) is 10.5. The first-order valence-electron chi connectivity index (χ1n) is 4.92. The van der Waals surface area contributed by atoms with Gasteiger partial charge in [-0.1, -0.05) is 26.0 Å². The van der Waals surface area contributed by atoms with E-state index in [-0.39, 0.29) is 0 Å². The molecule has 14 heavy (non-hydrogen) atoms. The largest absolute Gasteiger partial charge is 0.263 e. The maximum atomic E-state index is 4.00. The second kappa shape index (κ2) is 5.86. The minimum absolute atomic E-state index is 0.770. The number of hydrogen-bond acceptors (Lipinski definition) is 2. The Bertz CT molecular complexity index is 294. The molecule has 0 amide bonds. The second-order valence-corrected chi connectivity index (χ2v) is 4.79. The summed E-state index contributed by atoms with van der Waals surface area (Å²) < 4.78 is 0. The first kappa shape index (κ1) is 11.3. The molecule has 1 aromatic rings. The number of thioether (sulfide) groups is 1. The summed E-state index contributed by atoms with van der Waals surface area (Å²) in [7, 11) is 0. The molecule has 0 saturated heterocycles. The van der Waals surface area contributed by atoms with Gasteiger partial charge in [-0.05, 0) is 36.9 Å². The van der Waals surface area contributed by atoms with Gasteiger partial charge in [0.05, 0.1) is 5.69 Å². The van der Waals surface area contributed by atoms with E-state index in [0.717, 1.165) is 17.4 Å². The van der Waals surface area contributed by atoms with Gasteiger partial charge in [-0.15, -0.1) is 11.8 Å². The molecule has 0 unspecified atom stereocenters. The van der Waals surface area contributed by atoms with Crippen LogP contribution in [0.15, 0.2) is 34.2 Å². The lowest BCUT2D eigenvalue weighted by atomic mass is 10.2. The van der Waals surface area contributed by atoms with Gasteiger partial charge in [0.2, 0.25) is 0 Å². The van der Waals surface area contributed by atoms with Crippen LogP contribution in [0.3, 0.4) is 0 Å². The molecule has 0 aliphatic heterocycles. The zero-order valence-corrected chi connectivity index (χ0v) is 9.68. The minimum atomic E-state index is 0.770. The van der Waals surface area contributed by atoms with Crippen LogP contribution in [0, 0.1) is 5.92 Å². The molecule has 0 aromatic heterocycles. The lowest BCUT2D eigenvalue weighted by molar-refractivity contribution is 0.632. The van der Waals surface area contributed by atoms with Crippen LogP contribution < -0.4 is 0 Å². The highest BCUT2D eigenvalue weighted by molar-refractivity contribution is 7.99. The van der Waals surface area contributed by atoms with Gasteiger partial charge in [0.25, 0.3) is 0 Å². The van der Waals surface area contributed by atoms with E-state index < -0.39 is 0 Å². The Morgan fingerprint density at radius 2 is 2.07 bits per heavy atom. The van der Waals surface area contributed by atoms with Crippen LogP contribution in [0.25, 0.3) is 0 Å². The number of para-hydroxylation sites is 1. The van der Waals surface area contributed by atoms with E-state index in [1.54, 1.807) is 0 Å². The molecule has 0 saturated carbocycles. The number of rotatable bonds is 5. The lowest BCUT2D eigenvalue weighted by Gasteiger charge is -2.06. The van der Waals surface area contributed by atoms with Crippen LogP contribution in [0.2, 0.25) is 0 Å². The average Bonchev–Trinajstić information content (AvgIpc) is 2.18. The SMILES string of the molecule is C=Nc1ccccc1SCCC(C)C. The zero-order chi connectivity index (χ0) is 10.4. The van der Waals surface area contributed by atoms with E-state index in [2.05, 4.69) is 31.6 Å². The van der Waals surface area contributed by atoms with Gasteiger partial charge in [0.15, 0.2) is 0 Å². The molecule has 0 radical (unpaired) electrons. The summed E-state index contributed by atoms with van der Waals surface area (Å²) in [6.45, 7) is 8.07. The van der Waals surface area contributed by atoms with Crippen molar-refractivity contribution in [2.24, 2.45) is 10.9 Å². The van der Waals surface area contributed by atoms with E-state index in [4.69, 9.17) is 0 Å². The van der Waals surface area contributed by atoms with Gasteiger partial charge in [0, 0.05) is 4.90 Å². The number of aliphatic imine (C=N–C) groups is 1. The third kappa shape index (κ3) is 3.54. The molecular weight excluding hydrogens is 190 g/mol. The Hall–Kier alpha value is -0.760. The van der Waals surface area contributed by atoms with Crippen LogP contribution >= 0.6 is 11.8 Å². The van der Waals surface area contributed by atoms with Crippen molar-refractivity contribution in [1.82, 2.24) is 0 Å². The highest BCUT2D eigenvalue weighted by Crippen LogP contribution is 2.29. The lowest BCUT2D eigenvalue weighted by Crippen LogP contribution is -1.89. The van der Waals surface area contributed by atoms with Gasteiger partial charge in [-0.3, -0.25) is 4.99 Å². The Labute approximate surface area is 90.6 Å². The molecule has 1 nitrogen and oxygen atoms in total. The zero-order valence-electron chi connectivity index (χ0n) is 8.86. The highest BCUT2D eigenvalue weighted by Gasteiger charge is 2.00. The van der Waals surface area contributed by atoms with Crippen molar-refractivity contribution in [3.63, 3.8) is 0 Å². The standard InChI is InChI=1S/C12H17NS/c1-10(2)8-9-14-12-7-5-4-6-11(12)13-3/h4-7,10H,3,8-9H2,1-2H3. The summed E-state index contributed by atoms with van der Waals surface area (Å²) in [5, 5.41) is 0. The maximum Gasteiger partial charge on any atom is 0.0758 e. The molecule has 0 heterocycles. The van der Waals surface area contributed by atoms with E-state index >= 15 is 0 Å². The van der Waals surface area contributed by atoms with Crippen LogP contribution in [-0.4, -0.2) is 12.5 Å². The van der Waals surface area contributed by atoms with Crippen molar-refractivity contribution >= 4 is 24.2 Å². The number of nitrogens with zero attached hydrogens (tertiary/aromatic N) is 1. The maximum absolute atomic E-state index is 4.00. The molecule has 0 aliphatic rings. The molecule has 1 rings (SSSR count). The molecule has 1 aromatic carbocycles. The molecule has 0 aliphatic carbocycles. The van der Waals surface area contributed by atoms with Crippen molar-refractivity contribution in [2.45, 2.75) is 25.2 Å². The Morgan fingerprint density at radius 1 is 1.36 bits per heavy atom. The van der Waals surface area contributed by atoms with Crippen molar-refractivity contribution in [1.29, 1.82) is 0 Å². The summed E-state index contributed by atoms with van der Waals surface area (Å²) in [5.41, 5.74) is 1.00. The predicted molar refractivity (Wildman–Crippen MR) is 65.8 cm³/mol. The molecule has 76 valence electrons. The van der Waals surface area contributed by atoms with Crippen LogP contribution in [0.4, 0.5) is 5.69 Å². The van der Waals surface area contributed by atoms with Crippen molar-refractivity contribution in [2.75, 3.05) is 5.75 Å². The molecule has 2 heteroatoms. The summed E-state index contributed by atoms with van der Waals surface area (Å²) in [4.78, 5) is 5.24. The summed E-state index contributed by atoms with van der Waals surface area (Å²) >= 11 is 1.87. The first-order valence-corrected chi connectivity index (χ1v) is 5.91. The molecule has 0 spiro atoms. The van der Waals surface area contributed by atoms with Gasteiger partial charge in [-0.2, -0.15) is 0 Å². The van der Waals surface area contributed by atoms with E-state index in [1.807, 2.05) is 30.0 Å². The van der Waals surface area contributed by atoms with E-state index in [0.29, 0.717) is 0 Å². The van der Waals surface area contributed by atoms with Crippen molar-refractivity contribution < 1.29 is 0 Å². The quantitative estimate of drug-likeness (QED) is 0.521. The molecule has 0 bridgehead atoms. The molecule has 0 atom stereocenters. The topological polar surface area (TPSA) is 12.4 Å². The molecule has 0 N–H and O–H groups in total. The van der Waals surface area contributed by atoms with E-state index in [1.165, 1.54) is 11.3 Å². The molecule has 0 fully saturated rings. The summed E-state index contributed by atoms with van der Waals surface area (Å²) in [5.74, 6) is 1.93. The summed E-state index contributed by atoms with van der Waals surface area (Å²) in [6.07, 6.45) is 1.25. The smallest absolute Gasteiger partial charge is 0.0758 e. The van der Waals surface area contributed by atoms with Gasteiger partial charge in [-0.25, -0.2) is 0 Å². The summed E-state index contributed by atoms with van der Waals surface area (Å²) in [6, 6.07) is 8.16. The Kier molecular flexibility index (Phi) is 4.74. The fourth-order valence-corrected chi connectivity index (χ4v) is 2.38. The van der Waals surface area contributed by atoms with Crippen LogP contribution in [-0.2, 0) is 0 Å². The van der Waals surface area contributed by atoms with Gasteiger partial charge in [0.1, 0.15) is 0 Å². The highest BCUT2D eigenvalue weighted by atomic mass is 32.2. The first-order chi connectivity index (χ1) is 6.74.